The van der Waals surface area contributed by atoms with E-state index in [1.54, 1.807) is 5.38 Å². The molecule has 2 heterocycles. The molecular weight excluding hydrogens is 570 g/mol. The van der Waals surface area contributed by atoms with E-state index in [4.69, 9.17) is 14.9 Å². The maximum absolute atomic E-state index is 13.7. The van der Waals surface area contributed by atoms with Gasteiger partial charge in [0.1, 0.15) is 17.1 Å². The summed E-state index contributed by atoms with van der Waals surface area (Å²) in [6.07, 6.45) is -1.86. The summed E-state index contributed by atoms with van der Waals surface area (Å²) >= 11 is 1.24. The second-order valence-corrected chi connectivity index (χ2v) is 12.8. The molecular formula is C27H33N5O7S2. The van der Waals surface area contributed by atoms with Crippen molar-refractivity contribution in [2.24, 2.45) is 5.92 Å². The minimum atomic E-state index is -4.08. The van der Waals surface area contributed by atoms with Gasteiger partial charge < -0.3 is 30.4 Å². The monoisotopic (exact) mass is 603 g/mol. The molecule has 0 bridgehead atoms. The van der Waals surface area contributed by atoms with Crippen LogP contribution in [-0.4, -0.2) is 64.2 Å². The molecule has 0 fully saturated rings. The first-order valence-electron chi connectivity index (χ1n) is 12.9. The number of hydrogen-bond donors (Lipinski definition) is 4. The maximum Gasteiger partial charge on any atom is 0.407 e. The van der Waals surface area contributed by atoms with Crippen molar-refractivity contribution in [3.8, 4) is 0 Å². The summed E-state index contributed by atoms with van der Waals surface area (Å²) in [5.74, 6) is -0.0611. The SMILES string of the molecule is CC(C)CN(CC(O)C(Cc1ccccc1)NC(=O)OCc1csc(CO)n1)S(=O)(=O)c1ccc2nc(N)oc2c1. The molecule has 0 saturated carbocycles. The summed E-state index contributed by atoms with van der Waals surface area (Å²) in [5, 5.41) is 25.4. The molecule has 12 nitrogen and oxygen atoms in total. The Labute approximate surface area is 241 Å². The quantitative estimate of drug-likeness (QED) is 0.177. The van der Waals surface area contributed by atoms with Crippen molar-refractivity contribution < 1.29 is 32.6 Å². The zero-order chi connectivity index (χ0) is 29.6. The van der Waals surface area contributed by atoms with Crippen LogP contribution in [0.15, 0.2) is 63.2 Å². The van der Waals surface area contributed by atoms with Crippen LogP contribution in [0.1, 0.15) is 30.1 Å². The van der Waals surface area contributed by atoms with Crippen LogP contribution in [0.3, 0.4) is 0 Å². The predicted molar refractivity (Wildman–Crippen MR) is 153 cm³/mol. The molecule has 0 aliphatic heterocycles. The van der Waals surface area contributed by atoms with Crippen LogP contribution in [0.2, 0.25) is 0 Å². The molecule has 4 rings (SSSR count). The summed E-state index contributed by atoms with van der Waals surface area (Å²) in [7, 11) is -4.08. The lowest BCUT2D eigenvalue weighted by atomic mass is 10.0. The topological polar surface area (TPSA) is 181 Å². The minimum Gasteiger partial charge on any atom is -0.443 e. The number of benzene rings is 2. The first-order chi connectivity index (χ1) is 19.5. The number of oxazole rings is 1. The summed E-state index contributed by atoms with van der Waals surface area (Å²) in [5.41, 5.74) is 7.57. The summed E-state index contributed by atoms with van der Waals surface area (Å²) in [6.45, 7) is 3.23. The first kappa shape index (κ1) is 30.4. The van der Waals surface area contributed by atoms with E-state index in [2.05, 4.69) is 15.3 Å². The fourth-order valence-corrected chi connectivity index (χ4v) is 6.49. The Morgan fingerprint density at radius 1 is 1.17 bits per heavy atom. The van der Waals surface area contributed by atoms with Gasteiger partial charge >= 0.3 is 6.09 Å². The third kappa shape index (κ3) is 8.01. The van der Waals surface area contributed by atoms with Crippen LogP contribution in [0.4, 0.5) is 10.8 Å². The molecule has 220 valence electrons. The van der Waals surface area contributed by atoms with Gasteiger partial charge in [0.05, 0.1) is 29.3 Å². The van der Waals surface area contributed by atoms with E-state index in [-0.39, 0.29) is 55.1 Å². The Morgan fingerprint density at radius 3 is 2.61 bits per heavy atom. The van der Waals surface area contributed by atoms with Gasteiger partial charge in [-0.25, -0.2) is 18.2 Å². The van der Waals surface area contributed by atoms with Crippen molar-refractivity contribution in [3.05, 3.63) is 70.2 Å². The molecule has 2 aromatic carbocycles. The van der Waals surface area contributed by atoms with E-state index in [1.165, 1.54) is 33.8 Å². The molecule has 1 amide bonds. The predicted octanol–water partition coefficient (Wildman–Crippen LogP) is 2.90. The van der Waals surface area contributed by atoms with Crippen molar-refractivity contribution >= 4 is 44.6 Å². The lowest BCUT2D eigenvalue weighted by Gasteiger charge is -2.30. The molecule has 0 radical (unpaired) electrons. The number of carbonyl (C=O) groups is 1. The largest absolute Gasteiger partial charge is 0.443 e. The average Bonchev–Trinajstić information content (AvgIpc) is 3.56. The number of carbonyl (C=O) groups excluding carboxylic acids is 1. The van der Waals surface area contributed by atoms with E-state index in [0.29, 0.717) is 16.2 Å². The van der Waals surface area contributed by atoms with Crippen LogP contribution in [0, 0.1) is 5.92 Å². The highest BCUT2D eigenvalue weighted by Gasteiger charge is 2.32. The van der Waals surface area contributed by atoms with Crippen molar-refractivity contribution in [2.45, 2.75) is 50.5 Å². The second kappa shape index (κ2) is 13.4. The zero-order valence-corrected chi connectivity index (χ0v) is 24.3. The Bertz CT molecular complexity index is 1560. The van der Waals surface area contributed by atoms with Crippen LogP contribution < -0.4 is 11.1 Å². The van der Waals surface area contributed by atoms with Crippen molar-refractivity contribution in [1.29, 1.82) is 0 Å². The number of rotatable bonds is 13. The van der Waals surface area contributed by atoms with Crippen LogP contribution in [0.5, 0.6) is 0 Å². The van der Waals surface area contributed by atoms with Crippen LogP contribution in [0.25, 0.3) is 11.1 Å². The highest BCUT2D eigenvalue weighted by atomic mass is 32.2. The van der Waals surface area contributed by atoms with E-state index in [0.717, 1.165) is 5.56 Å². The van der Waals surface area contributed by atoms with Gasteiger partial charge in [-0.1, -0.05) is 44.2 Å². The number of nitrogens with zero attached hydrogens (tertiary/aromatic N) is 3. The fraction of sp³-hybridized carbons (Fsp3) is 0.370. The molecule has 41 heavy (non-hydrogen) atoms. The molecule has 4 aromatic rings. The van der Waals surface area contributed by atoms with Gasteiger partial charge in [0.25, 0.3) is 6.01 Å². The molecule has 2 aromatic heterocycles. The number of anilines is 1. The fourth-order valence-electron chi connectivity index (χ4n) is 4.22. The number of amides is 1. The van der Waals surface area contributed by atoms with Gasteiger partial charge in [-0.3, -0.25) is 0 Å². The number of thiazole rings is 1. The van der Waals surface area contributed by atoms with Crippen LogP contribution in [-0.2, 0) is 34.4 Å². The molecule has 2 unspecified atom stereocenters. The summed E-state index contributed by atoms with van der Waals surface area (Å²) < 4.78 is 39.3. The number of alkyl carbamates (subject to hydrolysis) is 1. The summed E-state index contributed by atoms with van der Waals surface area (Å²) in [6, 6.07) is 12.5. The number of nitrogens with one attached hydrogen (secondary N) is 1. The number of aliphatic hydroxyl groups is 2. The number of fused-ring (bicyclic) bond motifs is 1. The maximum atomic E-state index is 13.7. The molecule has 0 saturated heterocycles. The normalized spacial score (nSPS) is 13.5. The van der Waals surface area contributed by atoms with E-state index >= 15 is 0 Å². The number of hydrogen-bond acceptors (Lipinski definition) is 11. The van der Waals surface area contributed by atoms with Crippen molar-refractivity contribution in [2.75, 3.05) is 18.8 Å². The zero-order valence-electron chi connectivity index (χ0n) is 22.6. The Morgan fingerprint density at radius 2 is 1.93 bits per heavy atom. The number of ether oxygens (including phenoxy) is 1. The third-order valence-corrected chi connectivity index (χ3v) is 8.84. The Hall–Kier alpha value is -3.56. The third-order valence-electron chi connectivity index (χ3n) is 6.13. The number of aliphatic hydroxyl groups excluding tert-OH is 2. The average molecular weight is 604 g/mol. The molecule has 5 N–H and O–H groups in total. The van der Waals surface area contributed by atoms with Gasteiger partial charge in [-0.2, -0.15) is 9.29 Å². The lowest BCUT2D eigenvalue weighted by Crippen LogP contribution is -2.51. The van der Waals surface area contributed by atoms with Gasteiger partial charge in [0.15, 0.2) is 5.58 Å². The van der Waals surface area contributed by atoms with E-state index in [9.17, 15) is 23.4 Å². The van der Waals surface area contributed by atoms with E-state index in [1.807, 2.05) is 44.2 Å². The Balaban J connectivity index is 1.53. The molecule has 0 aliphatic carbocycles. The minimum absolute atomic E-state index is 0.0357. The highest BCUT2D eigenvalue weighted by molar-refractivity contribution is 7.89. The van der Waals surface area contributed by atoms with Crippen molar-refractivity contribution in [3.63, 3.8) is 0 Å². The van der Waals surface area contributed by atoms with Gasteiger partial charge in [-0.05, 0) is 30.0 Å². The van der Waals surface area contributed by atoms with Crippen LogP contribution >= 0.6 is 11.3 Å². The number of nitrogen functional groups attached to an aromatic ring is 1. The Kier molecular flexibility index (Phi) is 9.94. The van der Waals surface area contributed by atoms with Crippen molar-refractivity contribution in [1.82, 2.24) is 19.6 Å². The second-order valence-electron chi connectivity index (χ2n) is 9.87. The van der Waals surface area contributed by atoms with Gasteiger partial charge in [0, 0.05) is 24.5 Å². The molecule has 2 atom stereocenters. The molecule has 14 heteroatoms. The molecule has 0 aliphatic rings. The smallest absolute Gasteiger partial charge is 0.407 e. The lowest BCUT2D eigenvalue weighted by molar-refractivity contribution is 0.0870. The summed E-state index contributed by atoms with van der Waals surface area (Å²) in [4.78, 5) is 20.8. The first-order valence-corrected chi connectivity index (χ1v) is 15.2. The molecule has 0 spiro atoms. The van der Waals surface area contributed by atoms with Gasteiger partial charge in [0.2, 0.25) is 10.0 Å². The highest BCUT2D eigenvalue weighted by Crippen LogP contribution is 2.25. The number of aromatic nitrogens is 2. The van der Waals surface area contributed by atoms with Gasteiger partial charge in [-0.15, -0.1) is 11.3 Å². The van der Waals surface area contributed by atoms with E-state index < -0.39 is 28.3 Å². The standard InChI is InChI=1S/C27H33N5O7S2/c1-17(2)12-32(41(36,37)20-8-9-21-24(11-20)39-26(28)30-21)13-23(34)22(10-18-6-4-3-5-7-18)31-27(35)38-15-19-16-40-25(14-33)29-19/h3-9,11,16-17,22-23,33-34H,10,12-15H2,1-2H3,(H2,28,30)(H,31,35). The number of nitrogens with two attached hydrogens (primary N) is 1. The number of sulfonamides is 1.